The second kappa shape index (κ2) is 6.99. The molecule has 1 fully saturated rings. The van der Waals surface area contributed by atoms with Crippen LogP contribution in [0, 0.1) is 5.82 Å². The quantitative estimate of drug-likeness (QED) is 0.598. The van der Waals surface area contributed by atoms with Gasteiger partial charge in [-0.15, -0.1) is 10.2 Å². The van der Waals surface area contributed by atoms with Gasteiger partial charge in [0.15, 0.2) is 5.82 Å². The minimum Gasteiger partial charge on any atom is -0.390 e. The van der Waals surface area contributed by atoms with E-state index in [1.165, 1.54) is 24.3 Å². The summed E-state index contributed by atoms with van der Waals surface area (Å²) in [7, 11) is 0. The molecule has 1 aromatic heterocycles. The minimum absolute atomic E-state index is 0.173. The van der Waals surface area contributed by atoms with E-state index in [4.69, 9.17) is 0 Å². The Balaban J connectivity index is 1.79. The molecule has 146 valence electrons. The number of anilines is 1. The predicted octanol–water partition coefficient (Wildman–Crippen LogP) is 3.20. The fourth-order valence-electron chi connectivity index (χ4n) is 3.29. The lowest BCUT2D eigenvalue weighted by Crippen LogP contribution is -2.32. The lowest BCUT2D eigenvalue weighted by molar-refractivity contribution is -0.137. The smallest absolute Gasteiger partial charge is 0.390 e. The van der Waals surface area contributed by atoms with Crippen LogP contribution in [0.3, 0.4) is 0 Å². The van der Waals surface area contributed by atoms with E-state index in [9.17, 15) is 22.7 Å². The summed E-state index contributed by atoms with van der Waals surface area (Å²) in [6.45, 7) is 0.897. The number of hydrogen-bond acceptors (Lipinski definition) is 5. The SMILES string of the molecule is O[C@H]1CNC[C@H]1Nc1nnc(-c2ccc(C(F)(F)F)cc2)c2cccc(F)c12. The summed E-state index contributed by atoms with van der Waals surface area (Å²) in [5.74, 6) is -0.361. The maximum Gasteiger partial charge on any atom is 0.416 e. The van der Waals surface area contributed by atoms with Gasteiger partial charge in [0.25, 0.3) is 0 Å². The first-order valence-corrected chi connectivity index (χ1v) is 8.62. The van der Waals surface area contributed by atoms with Gasteiger partial charge in [0.05, 0.1) is 23.1 Å². The monoisotopic (exact) mass is 392 g/mol. The van der Waals surface area contributed by atoms with E-state index in [0.29, 0.717) is 24.0 Å². The predicted molar refractivity (Wildman–Crippen MR) is 96.2 cm³/mol. The van der Waals surface area contributed by atoms with Crippen LogP contribution in [0.15, 0.2) is 42.5 Å². The van der Waals surface area contributed by atoms with Crippen LogP contribution in [0.2, 0.25) is 0 Å². The largest absolute Gasteiger partial charge is 0.416 e. The third kappa shape index (κ3) is 3.38. The number of alkyl halides is 3. The number of β-amino-alcohol motifs (C(OH)–C–C–N with tert-alkyl or cyclic N) is 1. The van der Waals surface area contributed by atoms with Crippen molar-refractivity contribution in [3.63, 3.8) is 0 Å². The molecule has 1 aliphatic heterocycles. The van der Waals surface area contributed by atoms with Crippen LogP contribution in [0.1, 0.15) is 5.56 Å². The molecule has 2 aromatic carbocycles. The molecule has 4 rings (SSSR count). The normalized spacial score (nSPS) is 19.9. The molecule has 1 aliphatic rings. The molecule has 5 nitrogen and oxygen atoms in total. The number of nitrogens with zero attached hydrogens (tertiary/aromatic N) is 2. The van der Waals surface area contributed by atoms with Crippen molar-refractivity contribution in [1.82, 2.24) is 15.5 Å². The summed E-state index contributed by atoms with van der Waals surface area (Å²) < 4.78 is 53.0. The van der Waals surface area contributed by atoms with E-state index in [0.717, 1.165) is 12.1 Å². The van der Waals surface area contributed by atoms with Crippen LogP contribution in [0.25, 0.3) is 22.0 Å². The van der Waals surface area contributed by atoms with Crippen molar-refractivity contribution in [3.05, 3.63) is 53.8 Å². The maximum absolute atomic E-state index is 14.6. The molecule has 3 N–H and O–H groups in total. The number of rotatable bonds is 3. The number of nitrogens with one attached hydrogen (secondary N) is 2. The zero-order chi connectivity index (χ0) is 19.9. The van der Waals surface area contributed by atoms with Crippen molar-refractivity contribution < 1.29 is 22.7 Å². The lowest BCUT2D eigenvalue weighted by Gasteiger charge is -2.18. The zero-order valence-corrected chi connectivity index (χ0v) is 14.5. The molecule has 0 radical (unpaired) electrons. The van der Waals surface area contributed by atoms with Gasteiger partial charge in [-0.3, -0.25) is 0 Å². The Morgan fingerprint density at radius 1 is 1.04 bits per heavy atom. The molecule has 0 spiro atoms. The first-order valence-electron chi connectivity index (χ1n) is 8.62. The van der Waals surface area contributed by atoms with Crippen LogP contribution >= 0.6 is 0 Å². The van der Waals surface area contributed by atoms with E-state index in [-0.39, 0.29) is 22.9 Å². The molecule has 0 saturated carbocycles. The van der Waals surface area contributed by atoms with Crippen LogP contribution < -0.4 is 10.6 Å². The maximum atomic E-state index is 14.6. The van der Waals surface area contributed by atoms with Crippen molar-refractivity contribution in [3.8, 4) is 11.3 Å². The molecule has 0 bridgehead atoms. The Morgan fingerprint density at radius 3 is 2.43 bits per heavy atom. The van der Waals surface area contributed by atoms with Crippen molar-refractivity contribution in [2.45, 2.75) is 18.3 Å². The Bertz CT molecular complexity index is 1010. The highest BCUT2D eigenvalue weighted by molar-refractivity contribution is 6.00. The van der Waals surface area contributed by atoms with Crippen LogP contribution in [-0.2, 0) is 6.18 Å². The third-order valence-corrected chi connectivity index (χ3v) is 4.75. The van der Waals surface area contributed by atoms with E-state index >= 15 is 0 Å². The van der Waals surface area contributed by atoms with Crippen molar-refractivity contribution in [2.24, 2.45) is 0 Å². The molecular formula is C19H16F4N4O. The molecule has 2 atom stereocenters. The highest BCUT2D eigenvalue weighted by Gasteiger charge is 2.30. The highest BCUT2D eigenvalue weighted by Crippen LogP contribution is 2.34. The first kappa shape index (κ1) is 18.6. The number of hydrogen-bond donors (Lipinski definition) is 3. The zero-order valence-electron chi connectivity index (χ0n) is 14.5. The Labute approximate surface area is 157 Å². The number of aliphatic hydroxyl groups excluding tert-OH is 1. The molecular weight excluding hydrogens is 376 g/mol. The molecule has 28 heavy (non-hydrogen) atoms. The summed E-state index contributed by atoms with van der Waals surface area (Å²) >= 11 is 0. The summed E-state index contributed by atoms with van der Waals surface area (Å²) in [4.78, 5) is 0. The summed E-state index contributed by atoms with van der Waals surface area (Å²) in [6, 6.07) is 8.54. The van der Waals surface area contributed by atoms with Crippen molar-refractivity contribution in [2.75, 3.05) is 18.4 Å². The van der Waals surface area contributed by atoms with Crippen LogP contribution in [-0.4, -0.2) is 40.5 Å². The van der Waals surface area contributed by atoms with Gasteiger partial charge in [-0.1, -0.05) is 24.3 Å². The lowest BCUT2D eigenvalue weighted by atomic mass is 10.0. The average molecular weight is 392 g/mol. The topological polar surface area (TPSA) is 70.1 Å². The first-order chi connectivity index (χ1) is 13.3. The van der Waals surface area contributed by atoms with Crippen LogP contribution in [0.5, 0.6) is 0 Å². The van der Waals surface area contributed by atoms with Gasteiger partial charge in [-0.25, -0.2) is 4.39 Å². The van der Waals surface area contributed by atoms with Gasteiger partial charge in [0, 0.05) is 24.0 Å². The van der Waals surface area contributed by atoms with Gasteiger partial charge in [-0.2, -0.15) is 13.2 Å². The number of halogens is 4. The van der Waals surface area contributed by atoms with Gasteiger partial charge >= 0.3 is 6.18 Å². The molecule has 0 aliphatic carbocycles. The van der Waals surface area contributed by atoms with Gasteiger partial charge < -0.3 is 15.7 Å². The third-order valence-electron chi connectivity index (χ3n) is 4.75. The Kier molecular flexibility index (Phi) is 4.64. The standard InChI is InChI=1S/C19H16F4N4O/c20-13-3-1-2-12-16(13)18(25-14-8-24-9-15(14)28)27-26-17(12)10-4-6-11(7-5-10)19(21,22)23/h1-7,14-15,24,28H,8-9H2,(H,25,27)/t14-,15+/m1/s1. The molecule has 3 aromatic rings. The Morgan fingerprint density at radius 2 is 1.79 bits per heavy atom. The highest BCUT2D eigenvalue weighted by atomic mass is 19.4. The van der Waals surface area contributed by atoms with Gasteiger partial charge in [0.1, 0.15) is 11.5 Å². The van der Waals surface area contributed by atoms with E-state index < -0.39 is 23.7 Å². The van der Waals surface area contributed by atoms with Crippen molar-refractivity contribution >= 4 is 16.6 Å². The molecule has 9 heteroatoms. The van der Waals surface area contributed by atoms with E-state index in [1.54, 1.807) is 6.07 Å². The number of aromatic nitrogens is 2. The van der Waals surface area contributed by atoms with Crippen molar-refractivity contribution in [1.29, 1.82) is 0 Å². The van der Waals surface area contributed by atoms with Gasteiger partial charge in [-0.05, 0) is 18.2 Å². The summed E-state index contributed by atoms with van der Waals surface area (Å²) in [5.41, 5.74) is -0.107. The fourth-order valence-corrected chi connectivity index (χ4v) is 3.29. The minimum atomic E-state index is -4.44. The summed E-state index contributed by atoms with van der Waals surface area (Å²) in [5, 5.41) is 24.7. The fraction of sp³-hybridized carbons (Fsp3) is 0.263. The second-order valence-electron chi connectivity index (χ2n) is 6.61. The molecule has 1 saturated heterocycles. The number of fused-ring (bicyclic) bond motifs is 1. The molecule has 0 amide bonds. The second-order valence-corrected chi connectivity index (χ2v) is 6.61. The molecule has 0 unspecified atom stereocenters. The molecule has 2 heterocycles. The Hall–Kier alpha value is -2.78. The number of benzene rings is 2. The van der Waals surface area contributed by atoms with E-state index in [1.807, 2.05) is 0 Å². The summed E-state index contributed by atoms with van der Waals surface area (Å²) in [6.07, 6.45) is -5.10. The van der Waals surface area contributed by atoms with Crippen LogP contribution in [0.4, 0.5) is 23.4 Å². The number of aliphatic hydroxyl groups is 1. The van der Waals surface area contributed by atoms with Gasteiger partial charge in [0.2, 0.25) is 0 Å². The van der Waals surface area contributed by atoms with E-state index in [2.05, 4.69) is 20.8 Å². The average Bonchev–Trinajstić information content (AvgIpc) is 3.06.